The normalized spacial score (nSPS) is 36.2. The Morgan fingerprint density at radius 1 is 1.62 bits per heavy atom. The molecule has 1 aliphatic heterocycles. The van der Waals surface area contributed by atoms with Crippen LogP contribution in [0.5, 0.6) is 0 Å². The third-order valence-electron chi connectivity index (χ3n) is 2.61. The number of ether oxygens (including phenoxy) is 2. The summed E-state index contributed by atoms with van der Waals surface area (Å²) in [6.45, 7) is 0. The minimum Gasteiger partial charge on any atom is -0.466 e. The molecule has 2 aliphatic rings. The second-order valence-electron chi connectivity index (χ2n) is 3.39. The van der Waals surface area contributed by atoms with Gasteiger partial charge in [0, 0.05) is 18.7 Å². The molecule has 0 aromatic rings. The summed E-state index contributed by atoms with van der Waals surface area (Å²) in [7, 11) is 3.05. The lowest BCUT2D eigenvalue weighted by Gasteiger charge is -2.16. The first-order valence-corrected chi connectivity index (χ1v) is 4.34. The summed E-state index contributed by atoms with van der Waals surface area (Å²) in [6.07, 6.45) is 2.64. The van der Waals surface area contributed by atoms with Crippen molar-refractivity contribution in [3.05, 3.63) is 11.6 Å². The van der Waals surface area contributed by atoms with Crippen molar-refractivity contribution in [3.8, 4) is 0 Å². The second kappa shape index (κ2) is 3.12. The highest BCUT2D eigenvalue weighted by molar-refractivity contribution is 5.89. The van der Waals surface area contributed by atoms with Gasteiger partial charge in [0.25, 0.3) is 0 Å². The van der Waals surface area contributed by atoms with Crippen molar-refractivity contribution in [2.75, 3.05) is 14.2 Å². The van der Waals surface area contributed by atoms with E-state index < -0.39 is 0 Å². The van der Waals surface area contributed by atoms with Crippen LogP contribution in [0, 0.1) is 0 Å². The summed E-state index contributed by atoms with van der Waals surface area (Å²) in [5.74, 6) is -0.241. The molecule has 2 rings (SSSR count). The van der Waals surface area contributed by atoms with Gasteiger partial charge in [-0.3, -0.25) is 0 Å². The fourth-order valence-corrected chi connectivity index (χ4v) is 1.81. The Morgan fingerprint density at radius 2 is 2.38 bits per heavy atom. The van der Waals surface area contributed by atoms with E-state index in [0.717, 1.165) is 12.0 Å². The molecule has 4 nitrogen and oxygen atoms in total. The quantitative estimate of drug-likeness (QED) is 0.477. The van der Waals surface area contributed by atoms with Crippen LogP contribution < -0.4 is 5.32 Å². The van der Waals surface area contributed by atoms with Gasteiger partial charge >= 0.3 is 5.97 Å². The van der Waals surface area contributed by atoms with E-state index >= 15 is 0 Å². The van der Waals surface area contributed by atoms with Crippen LogP contribution in [0.4, 0.5) is 0 Å². The molecular weight excluding hydrogens is 170 g/mol. The SMILES string of the molecule is COC(=O)C1=CC(OC)C2NC2C1. The van der Waals surface area contributed by atoms with E-state index in [-0.39, 0.29) is 12.1 Å². The van der Waals surface area contributed by atoms with Crippen molar-refractivity contribution in [2.24, 2.45) is 0 Å². The Hall–Kier alpha value is -0.870. The van der Waals surface area contributed by atoms with E-state index in [2.05, 4.69) is 10.1 Å². The zero-order valence-corrected chi connectivity index (χ0v) is 7.74. The molecule has 0 amide bonds. The number of carbonyl (C=O) groups is 1. The highest BCUT2D eigenvalue weighted by atomic mass is 16.5. The van der Waals surface area contributed by atoms with Gasteiger partial charge in [0.15, 0.2) is 0 Å². The maximum atomic E-state index is 11.2. The van der Waals surface area contributed by atoms with Gasteiger partial charge in [-0.2, -0.15) is 0 Å². The van der Waals surface area contributed by atoms with E-state index in [0.29, 0.717) is 12.1 Å². The zero-order chi connectivity index (χ0) is 9.42. The standard InChI is InChI=1S/C9H13NO3/c1-12-7-4-5(9(11)13-2)3-6-8(7)10-6/h4,6-8,10H,3H2,1-2H3. The smallest absolute Gasteiger partial charge is 0.333 e. The molecule has 13 heavy (non-hydrogen) atoms. The summed E-state index contributed by atoms with van der Waals surface area (Å²) in [5, 5.41) is 3.26. The topological polar surface area (TPSA) is 57.5 Å². The fourth-order valence-electron chi connectivity index (χ4n) is 1.81. The average Bonchev–Trinajstić information content (AvgIpc) is 2.93. The predicted molar refractivity (Wildman–Crippen MR) is 46.2 cm³/mol. The monoisotopic (exact) mass is 183 g/mol. The van der Waals surface area contributed by atoms with Gasteiger partial charge in [-0.25, -0.2) is 4.79 Å². The first-order chi connectivity index (χ1) is 6.26. The molecule has 1 fully saturated rings. The highest BCUT2D eigenvalue weighted by Crippen LogP contribution is 2.30. The Kier molecular flexibility index (Phi) is 2.09. The molecule has 0 spiro atoms. The lowest BCUT2D eigenvalue weighted by molar-refractivity contribution is -0.136. The third-order valence-corrected chi connectivity index (χ3v) is 2.61. The minimum atomic E-state index is -0.241. The van der Waals surface area contributed by atoms with Crippen molar-refractivity contribution in [2.45, 2.75) is 24.6 Å². The van der Waals surface area contributed by atoms with Gasteiger partial charge in [0.1, 0.15) is 0 Å². The van der Waals surface area contributed by atoms with Crippen LogP contribution in [0.2, 0.25) is 0 Å². The van der Waals surface area contributed by atoms with Gasteiger partial charge in [0.2, 0.25) is 0 Å². The maximum Gasteiger partial charge on any atom is 0.333 e. The molecule has 0 saturated carbocycles. The highest BCUT2D eigenvalue weighted by Gasteiger charge is 2.46. The number of hydrogen-bond donors (Lipinski definition) is 1. The second-order valence-corrected chi connectivity index (χ2v) is 3.39. The summed E-state index contributed by atoms with van der Waals surface area (Å²) < 4.78 is 9.88. The fraction of sp³-hybridized carbons (Fsp3) is 0.667. The Labute approximate surface area is 76.9 Å². The summed E-state index contributed by atoms with van der Waals surface area (Å²) >= 11 is 0. The zero-order valence-electron chi connectivity index (χ0n) is 7.74. The van der Waals surface area contributed by atoms with Crippen LogP contribution in [-0.2, 0) is 14.3 Å². The van der Waals surface area contributed by atoms with Crippen LogP contribution in [0.25, 0.3) is 0 Å². The molecule has 3 atom stereocenters. The Balaban J connectivity index is 2.11. The maximum absolute atomic E-state index is 11.2. The van der Waals surface area contributed by atoms with Crippen LogP contribution in [-0.4, -0.2) is 38.4 Å². The molecule has 3 unspecified atom stereocenters. The number of methoxy groups -OCH3 is 2. The molecule has 1 N–H and O–H groups in total. The molecule has 1 aliphatic carbocycles. The molecule has 1 heterocycles. The summed E-state index contributed by atoms with van der Waals surface area (Å²) in [5.41, 5.74) is 0.723. The van der Waals surface area contributed by atoms with Crippen molar-refractivity contribution < 1.29 is 14.3 Å². The number of carbonyl (C=O) groups excluding carboxylic acids is 1. The predicted octanol–water partition coefficient (Wildman–Crippen LogP) is -0.155. The molecule has 4 heteroatoms. The number of rotatable bonds is 2. The molecule has 0 aromatic carbocycles. The molecular formula is C9H13NO3. The van der Waals surface area contributed by atoms with Gasteiger partial charge in [-0.05, 0) is 12.5 Å². The first kappa shape index (κ1) is 8.72. The van der Waals surface area contributed by atoms with Crippen molar-refractivity contribution >= 4 is 5.97 Å². The Bertz CT molecular complexity index is 262. The largest absolute Gasteiger partial charge is 0.466 e. The van der Waals surface area contributed by atoms with Crippen LogP contribution in [0.3, 0.4) is 0 Å². The first-order valence-electron chi connectivity index (χ1n) is 4.34. The van der Waals surface area contributed by atoms with E-state index in [1.807, 2.05) is 6.08 Å². The third kappa shape index (κ3) is 1.47. The number of nitrogens with one attached hydrogen (secondary N) is 1. The van der Waals surface area contributed by atoms with E-state index in [9.17, 15) is 4.79 Å². The van der Waals surface area contributed by atoms with Crippen LogP contribution in [0.1, 0.15) is 6.42 Å². The molecule has 0 radical (unpaired) electrons. The van der Waals surface area contributed by atoms with Crippen molar-refractivity contribution in [3.63, 3.8) is 0 Å². The Morgan fingerprint density at radius 3 is 3.00 bits per heavy atom. The lowest BCUT2D eigenvalue weighted by Crippen LogP contribution is -2.25. The molecule has 72 valence electrons. The number of esters is 1. The summed E-state index contributed by atoms with van der Waals surface area (Å²) in [6, 6.07) is 0.808. The number of fused-ring (bicyclic) bond motifs is 1. The molecule has 0 bridgehead atoms. The van der Waals surface area contributed by atoms with Gasteiger partial charge in [0.05, 0.1) is 19.3 Å². The van der Waals surface area contributed by atoms with E-state index in [4.69, 9.17) is 4.74 Å². The van der Waals surface area contributed by atoms with Gasteiger partial charge in [-0.1, -0.05) is 0 Å². The molecule has 1 saturated heterocycles. The van der Waals surface area contributed by atoms with Gasteiger partial charge < -0.3 is 14.8 Å². The summed E-state index contributed by atoms with van der Waals surface area (Å²) in [4.78, 5) is 11.2. The van der Waals surface area contributed by atoms with Crippen molar-refractivity contribution in [1.29, 1.82) is 0 Å². The number of hydrogen-bond acceptors (Lipinski definition) is 4. The minimum absolute atomic E-state index is 0.0212. The average molecular weight is 183 g/mol. The van der Waals surface area contributed by atoms with Crippen LogP contribution in [0.15, 0.2) is 11.6 Å². The van der Waals surface area contributed by atoms with Gasteiger partial charge in [-0.15, -0.1) is 0 Å². The van der Waals surface area contributed by atoms with E-state index in [1.54, 1.807) is 7.11 Å². The van der Waals surface area contributed by atoms with E-state index in [1.165, 1.54) is 7.11 Å². The molecule has 0 aromatic heterocycles. The lowest BCUT2D eigenvalue weighted by atomic mass is 9.97. The van der Waals surface area contributed by atoms with Crippen LogP contribution >= 0.6 is 0 Å². The van der Waals surface area contributed by atoms with Crippen molar-refractivity contribution in [1.82, 2.24) is 5.32 Å².